The summed E-state index contributed by atoms with van der Waals surface area (Å²) in [6.45, 7) is 8.59. The van der Waals surface area contributed by atoms with Crippen LogP contribution in [0.5, 0.6) is 0 Å². The molecule has 12 heavy (non-hydrogen) atoms. The zero-order chi connectivity index (χ0) is 8.97. The van der Waals surface area contributed by atoms with Gasteiger partial charge in [0.15, 0.2) is 0 Å². The molecule has 0 amide bonds. The molecule has 1 rings (SSSR count). The van der Waals surface area contributed by atoms with Gasteiger partial charge in [0.2, 0.25) is 0 Å². The van der Waals surface area contributed by atoms with Crippen LogP contribution in [0.25, 0.3) is 0 Å². The van der Waals surface area contributed by atoms with Gasteiger partial charge in [-0.1, -0.05) is 26.3 Å². The Morgan fingerprint density at radius 1 is 1.33 bits per heavy atom. The molecule has 0 aliphatic heterocycles. The van der Waals surface area contributed by atoms with Crippen molar-refractivity contribution in [3.63, 3.8) is 0 Å². The summed E-state index contributed by atoms with van der Waals surface area (Å²) in [5.41, 5.74) is 0. The van der Waals surface area contributed by atoms with Crippen LogP contribution >= 0.6 is 0 Å². The molecule has 0 bridgehead atoms. The third-order valence-electron chi connectivity index (χ3n) is 3.60. The standard InChI is InChI=1S/C12H22/c1-4-10(3)12-8-6-11(5-2)7-9-12/h5,10-12H,2,4,6-9H2,1,3H3. The number of hydrogen-bond acceptors (Lipinski definition) is 0. The van der Waals surface area contributed by atoms with E-state index in [1.165, 1.54) is 32.1 Å². The lowest BCUT2D eigenvalue weighted by atomic mass is 9.76. The van der Waals surface area contributed by atoms with E-state index >= 15 is 0 Å². The number of allylic oxidation sites excluding steroid dienone is 1. The summed E-state index contributed by atoms with van der Waals surface area (Å²) in [6, 6.07) is 0. The summed E-state index contributed by atoms with van der Waals surface area (Å²) in [5, 5.41) is 0. The van der Waals surface area contributed by atoms with Crippen molar-refractivity contribution in [2.45, 2.75) is 46.0 Å². The molecule has 0 spiro atoms. The van der Waals surface area contributed by atoms with E-state index in [0.717, 1.165) is 17.8 Å². The van der Waals surface area contributed by atoms with Gasteiger partial charge in [-0.15, -0.1) is 6.58 Å². The van der Waals surface area contributed by atoms with Gasteiger partial charge in [-0.25, -0.2) is 0 Å². The summed E-state index contributed by atoms with van der Waals surface area (Å²) < 4.78 is 0. The van der Waals surface area contributed by atoms with Gasteiger partial charge in [0, 0.05) is 0 Å². The van der Waals surface area contributed by atoms with Crippen LogP contribution in [0.15, 0.2) is 12.7 Å². The molecule has 1 aliphatic carbocycles. The van der Waals surface area contributed by atoms with Gasteiger partial charge in [-0.2, -0.15) is 0 Å². The monoisotopic (exact) mass is 166 g/mol. The zero-order valence-corrected chi connectivity index (χ0v) is 8.55. The third kappa shape index (κ3) is 2.36. The average molecular weight is 166 g/mol. The first kappa shape index (κ1) is 9.83. The molecule has 0 saturated heterocycles. The van der Waals surface area contributed by atoms with Gasteiger partial charge in [0.1, 0.15) is 0 Å². The molecule has 1 atom stereocenters. The summed E-state index contributed by atoms with van der Waals surface area (Å²) in [7, 11) is 0. The maximum absolute atomic E-state index is 3.87. The topological polar surface area (TPSA) is 0 Å². The summed E-state index contributed by atoms with van der Waals surface area (Å²) in [4.78, 5) is 0. The van der Waals surface area contributed by atoms with E-state index < -0.39 is 0 Å². The van der Waals surface area contributed by atoms with Gasteiger partial charge < -0.3 is 0 Å². The largest absolute Gasteiger partial charge is 0.103 e. The molecular formula is C12H22. The van der Waals surface area contributed by atoms with Gasteiger partial charge in [-0.05, 0) is 43.4 Å². The summed E-state index contributed by atoms with van der Waals surface area (Å²) >= 11 is 0. The molecule has 0 nitrogen and oxygen atoms in total. The van der Waals surface area contributed by atoms with Crippen LogP contribution in [0.3, 0.4) is 0 Å². The Morgan fingerprint density at radius 3 is 2.33 bits per heavy atom. The normalized spacial score (nSPS) is 32.8. The lowest BCUT2D eigenvalue weighted by molar-refractivity contribution is 0.231. The molecule has 0 heteroatoms. The Kier molecular flexibility index (Phi) is 3.84. The highest BCUT2D eigenvalue weighted by atomic mass is 14.3. The highest BCUT2D eigenvalue weighted by Gasteiger charge is 2.22. The smallest absolute Gasteiger partial charge is 0.0236 e. The van der Waals surface area contributed by atoms with Crippen LogP contribution in [0.1, 0.15) is 46.0 Å². The minimum Gasteiger partial charge on any atom is -0.103 e. The quantitative estimate of drug-likeness (QED) is 0.555. The fraction of sp³-hybridized carbons (Fsp3) is 0.833. The minimum absolute atomic E-state index is 0.824. The van der Waals surface area contributed by atoms with E-state index in [9.17, 15) is 0 Å². The molecule has 0 heterocycles. The van der Waals surface area contributed by atoms with Crippen molar-refractivity contribution in [2.75, 3.05) is 0 Å². The highest BCUT2D eigenvalue weighted by molar-refractivity contribution is 4.84. The van der Waals surface area contributed by atoms with Crippen molar-refractivity contribution >= 4 is 0 Å². The predicted molar refractivity (Wildman–Crippen MR) is 55.1 cm³/mol. The second kappa shape index (κ2) is 4.69. The minimum atomic E-state index is 0.824. The maximum Gasteiger partial charge on any atom is -0.0236 e. The predicted octanol–water partition coefficient (Wildman–Crippen LogP) is 4.02. The van der Waals surface area contributed by atoms with Crippen LogP contribution < -0.4 is 0 Å². The van der Waals surface area contributed by atoms with Gasteiger partial charge in [0.05, 0.1) is 0 Å². The Bertz CT molecular complexity index is 129. The fourth-order valence-corrected chi connectivity index (χ4v) is 2.28. The molecular weight excluding hydrogens is 144 g/mol. The SMILES string of the molecule is C=CC1CCC(C(C)CC)CC1. The Labute approximate surface area is 77.1 Å². The molecule has 0 aromatic carbocycles. The third-order valence-corrected chi connectivity index (χ3v) is 3.60. The van der Waals surface area contributed by atoms with Crippen molar-refractivity contribution in [3.8, 4) is 0 Å². The van der Waals surface area contributed by atoms with Crippen LogP contribution in [-0.4, -0.2) is 0 Å². The Balaban J connectivity index is 2.30. The molecule has 0 aromatic rings. The van der Waals surface area contributed by atoms with E-state index in [2.05, 4.69) is 26.5 Å². The molecule has 1 unspecified atom stereocenters. The fourth-order valence-electron chi connectivity index (χ4n) is 2.28. The van der Waals surface area contributed by atoms with Gasteiger partial charge >= 0.3 is 0 Å². The zero-order valence-electron chi connectivity index (χ0n) is 8.55. The first-order chi connectivity index (χ1) is 5.77. The number of hydrogen-bond donors (Lipinski definition) is 0. The first-order valence-corrected chi connectivity index (χ1v) is 5.40. The number of rotatable bonds is 3. The van der Waals surface area contributed by atoms with E-state index in [4.69, 9.17) is 0 Å². The van der Waals surface area contributed by atoms with Crippen molar-refractivity contribution in [1.29, 1.82) is 0 Å². The van der Waals surface area contributed by atoms with Crippen LogP contribution in [0.2, 0.25) is 0 Å². The van der Waals surface area contributed by atoms with E-state index in [-0.39, 0.29) is 0 Å². The van der Waals surface area contributed by atoms with E-state index in [1.807, 2.05) is 0 Å². The maximum atomic E-state index is 3.87. The lowest BCUT2D eigenvalue weighted by Crippen LogP contribution is -2.18. The molecule has 0 aromatic heterocycles. The molecule has 0 N–H and O–H groups in total. The van der Waals surface area contributed by atoms with Crippen molar-refractivity contribution in [3.05, 3.63) is 12.7 Å². The summed E-state index contributed by atoms with van der Waals surface area (Å²) in [6.07, 6.45) is 9.14. The molecule has 1 saturated carbocycles. The second-order valence-electron chi connectivity index (χ2n) is 4.30. The molecule has 1 fully saturated rings. The average Bonchev–Trinajstić information content (AvgIpc) is 2.17. The lowest BCUT2D eigenvalue weighted by Gasteiger charge is -2.30. The van der Waals surface area contributed by atoms with Gasteiger partial charge in [-0.3, -0.25) is 0 Å². The van der Waals surface area contributed by atoms with Gasteiger partial charge in [0.25, 0.3) is 0 Å². The first-order valence-electron chi connectivity index (χ1n) is 5.40. The molecule has 0 radical (unpaired) electrons. The summed E-state index contributed by atoms with van der Waals surface area (Å²) in [5.74, 6) is 2.77. The van der Waals surface area contributed by atoms with Crippen molar-refractivity contribution in [2.24, 2.45) is 17.8 Å². The Hall–Kier alpha value is -0.260. The van der Waals surface area contributed by atoms with E-state index in [1.54, 1.807) is 0 Å². The van der Waals surface area contributed by atoms with Crippen LogP contribution in [0, 0.1) is 17.8 Å². The molecule has 1 aliphatic rings. The Morgan fingerprint density at radius 2 is 1.92 bits per heavy atom. The van der Waals surface area contributed by atoms with Crippen molar-refractivity contribution in [1.82, 2.24) is 0 Å². The van der Waals surface area contributed by atoms with Crippen LogP contribution in [-0.2, 0) is 0 Å². The molecule has 70 valence electrons. The van der Waals surface area contributed by atoms with Crippen molar-refractivity contribution < 1.29 is 0 Å². The van der Waals surface area contributed by atoms with Crippen LogP contribution in [0.4, 0.5) is 0 Å². The second-order valence-corrected chi connectivity index (χ2v) is 4.30. The van der Waals surface area contributed by atoms with E-state index in [0.29, 0.717) is 0 Å². The highest BCUT2D eigenvalue weighted by Crippen LogP contribution is 2.34.